The van der Waals surface area contributed by atoms with Crippen LogP contribution in [0.3, 0.4) is 0 Å². The quantitative estimate of drug-likeness (QED) is 0.715. The van der Waals surface area contributed by atoms with E-state index in [-0.39, 0.29) is 0 Å². The van der Waals surface area contributed by atoms with Gasteiger partial charge in [0, 0.05) is 25.7 Å². The summed E-state index contributed by atoms with van der Waals surface area (Å²) >= 11 is 0. The fourth-order valence-electron chi connectivity index (χ4n) is 1.87. The molecule has 0 aliphatic heterocycles. The molecule has 2 nitrogen and oxygen atoms in total. The average Bonchev–Trinajstić information content (AvgIpc) is 3.06. The molecule has 16 heavy (non-hydrogen) atoms. The molecule has 0 aromatic heterocycles. The Bertz CT molecular complexity index is 343. The fraction of sp³-hybridized carbons (Fsp3) is 0.571. The van der Waals surface area contributed by atoms with Gasteiger partial charge in [-0.2, -0.15) is 0 Å². The molecule has 1 saturated carbocycles. The molecule has 1 fully saturated rings. The minimum Gasteiger partial charge on any atom is -0.313 e. The SMILES string of the molecule is Cc1ccc(C)c(CNCCNC2CC2)c1. The first-order chi connectivity index (χ1) is 7.75. The third-order valence-electron chi connectivity index (χ3n) is 3.13. The van der Waals surface area contributed by atoms with Crippen molar-refractivity contribution >= 4 is 0 Å². The standard InChI is InChI=1S/C14H22N2/c1-11-3-4-12(2)13(9-11)10-15-7-8-16-14-5-6-14/h3-4,9,14-16H,5-8,10H2,1-2H3. The predicted molar refractivity (Wildman–Crippen MR) is 68.6 cm³/mol. The first-order valence-electron chi connectivity index (χ1n) is 6.26. The van der Waals surface area contributed by atoms with Crippen LogP contribution in [0.1, 0.15) is 29.5 Å². The molecule has 2 rings (SSSR count). The predicted octanol–water partition coefficient (Wildman–Crippen LogP) is 2.15. The molecule has 0 saturated heterocycles. The fourth-order valence-corrected chi connectivity index (χ4v) is 1.87. The van der Waals surface area contributed by atoms with Crippen molar-refractivity contribution in [1.29, 1.82) is 0 Å². The Morgan fingerprint density at radius 2 is 2.00 bits per heavy atom. The minimum absolute atomic E-state index is 0.822. The summed E-state index contributed by atoms with van der Waals surface area (Å²) < 4.78 is 0. The Morgan fingerprint density at radius 3 is 2.75 bits per heavy atom. The smallest absolute Gasteiger partial charge is 0.0208 e. The van der Waals surface area contributed by atoms with Gasteiger partial charge in [-0.05, 0) is 37.8 Å². The number of rotatable bonds is 6. The van der Waals surface area contributed by atoms with Crippen molar-refractivity contribution in [2.75, 3.05) is 13.1 Å². The molecule has 0 amide bonds. The molecule has 1 aliphatic rings. The van der Waals surface area contributed by atoms with E-state index in [2.05, 4.69) is 42.7 Å². The third-order valence-corrected chi connectivity index (χ3v) is 3.13. The van der Waals surface area contributed by atoms with Gasteiger partial charge in [-0.3, -0.25) is 0 Å². The highest BCUT2D eigenvalue weighted by molar-refractivity contribution is 5.30. The molecular weight excluding hydrogens is 196 g/mol. The van der Waals surface area contributed by atoms with E-state index in [1.54, 1.807) is 0 Å². The van der Waals surface area contributed by atoms with Crippen LogP contribution in [0.15, 0.2) is 18.2 Å². The highest BCUT2D eigenvalue weighted by Crippen LogP contribution is 2.17. The summed E-state index contributed by atoms with van der Waals surface area (Å²) in [6.45, 7) is 7.47. The van der Waals surface area contributed by atoms with Crippen LogP contribution in [0.2, 0.25) is 0 Å². The second-order valence-corrected chi connectivity index (χ2v) is 4.84. The summed E-state index contributed by atoms with van der Waals surface area (Å²) in [5.41, 5.74) is 4.15. The third kappa shape index (κ3) is 3.62. The summed E-state index contributed by atoms with van der Waals surface area (Å²) in [5, 5.41) is 7.00. The highest BCUT2D eigenvalue weighted by atomic mass is 15.0. The first kappa shape index (κ1) is 11.6. The lowest BCUT2D eigenvalue weighted by atomic mass is 10.1. The summed E-state index contributed by atoms with van der Waals surface area (Å²) in [5.74, 6) is 0. The zero-order valence-electron chi connectivity index (χ0n) is 10.3. The van der Waals surface area contributed by atoms with Gasteiger partial charge in [0.25, 0.3) is 0 Å². The maximum atomic E-state index is 3.51. The van der Waals surface area contributed by atoms with Crippen LogP contribution in [-0.4, -0.2) is 19.1 Å². The van der Waals surface area contributed by atoms with E-state index in [4.69, 9.17) is 0 Å². The van der Waals surface area contributed by atoms with E-state index in [1.807, 2.05) is 0 Å². The van der Waals surface area contributed by atoms with E-state index in [0.29, 0.717) is 0 Å². The van der Waals surface area contributed by atoms with Gasteiger partial charge >= 0.3 is 0 Å². The van der Waals surface area contributed by atoms with Crippen molar-refractivity contribution < 1.29 is 0 Å². The van der Waals surface area contributed by atoms with E-state index in [1.165, 1.54) is 29.5 Å². The molecule has 1 aliphatic carbocycles. The van der Waals surface area contributed by atoms with Crippen LogP contribution >= 0.6 is 0 Å². The summed E-state index contributed by atoms with van der Waals surface area (Å²) in [6.07, 6.45) is 2.74. The molecule has 0 heterocycles. The second kappa shape index (κ2) is 5.46. The first-order valence-corrected chi connectivity index (χ1v) is 6.26. The van der Waals surface area contributed by atoms with E-state index in [0.717, 1.165) is 25.7 Å². The molecule has 2 N–H and O–H groups in total. The highest BCUT2D eigenvalue weighted by Gasteiger charge is 2.19. The number of benzene rings is 1. The maximum absolute atomic E-state index is 3.51. The number of nitrogens with one attached hydrogen (secondary N) is 2. The Balaban J connectivity index is 1.69. The average molecular weight is 218 g/mol. The Labute approximate surface area is 98.4 Å². The van der Waals surface area contributed by atoms with Gasteiger partial charge < -0.3 is 10.6 Å². The minimum atomic E-state index is 0.822. The zero-order chi connectivity index (χ0) is 11.4. The molecule has 1 aromatic carbocycles. The van der Waals surface area contributed by atoms with Crippen molar-refractivity contribution in [2.45, 2.75) is 39.3 Å². The van der Waals surface area contributed by atoms with Crippen molar-refractivity contribution in [2.24, 2.45) is 0 Å². The maximum Gasteiger partial charge on any atom is 0.0208 e. The molecular formula is C14H22N2. The summed E-state index contributed by atoms with van der Waals surface area (Å²) in [4.78, 5) is 0. The second-order valence-electron chi connectivity index (χ2n) is 4.84. The van der Waals surface area contributed by atoms with Crippen molar-refractivity contribution in [3.63, 3.8) is 0 Å². The molecule has 0 unspecified atom stereocenters. The van der Waals surface area contributed by atoms with Crippen LogP contribution < -0.4 is 10.6 Å². The van der Waals surface area contributed by atoms with Crippen molar-refractivity contribution in [3.8, 4) is 0 Å². The summed E-state index contributed by atoms with van der Waals surface area (Å²) in [7, 11) is 0. The Morgan fingerprint density at radius 1 is 1.19 bits per heavy atom. The molecule has 0 bridgehead atoms. The number of aryl methyl sites for hydroxylation is 2. The topological polar surface area (TPSA) is 24.1 Å². The lowest BCUT2D eigenvalue weighted by Gasteiger charge is -2.09. The Kier molecular flexibility index (Phi) is 3.97. The van der Waals surface area contributed by atoms with E-state index in [9.17, 15) is 0 Å². The van der Waals surface area contributed by atoms with Gasteiger partial charge in [-0.15, -0.1) is 0 Å². The molecule has 0 spiro atoms. The van der Waals surface area contributed by atoms with E-state index >= 15 is 0 Å². The van der Waals surface area contributed by atoms with Crippen LogP contribution in [0.25, 0.3) is 0 Å². The van der Waals surface area contributed by atoms with Crippen LogP contribution in [0.5, 0.6) is 0 Å². The molecule has 88 valence electrons. The van der Waals surface area contributed by atoms with Crippen molar-refractivity contribution in [1.82, 2.24) is 10.6 Å². The molecule has 1 aromatic rings. The van der Waals surface area contributed by atoms with Gasteiger partial charge in [0.1, 0.15) is 0 Å². The lowest BCUT2D eigenvalue weighted by molar-refractivity contribution is 0.607. The van der Waals surface area contributed by atoms with Crippen LogP contribution in [0.4, 0.5) is 0 Å². The summed E-state index contributed by atoms with van der Waals surface area (Å²) in [6, 6.07) is 7.47. The Hall–Kier alpha value is -0.860. The normalized spacial score (nSPS) is 15.4. The van der Waals surface area contributed by atoms with Crippen LogP contribution in [0, 0.1) is 13.8 Å². The molecule has 2 heteroatoms. The van der Waals surface area contributed by atoms with Gasteiger partial charge in [-0.25, -0.2) is 0 Å². The number of hydrogen-bond acceptors (Lipinski definition) is 2. The van der Waals surface area contributed by atoms with Gasteiger partial charge in [0.05, 0.1) is 0 Å². The monoisotopic (exact) mass is 218 g/mol. The van der Waals surface area contributed by atoms with Gasteiger partial charge in [0.15, 0.2) is 0 Å². The molecule has 0 radical (unpaired) electrons. The lowest BCUT2D eigenvalue weighted by Crippen LogP contribution is -2.28. The van der Waals surface area contributed by atoms with Crippen molar-refractivity contribution in [3.05, 3.63) is 34.9 Å². The zero-order valence-corrected chi connectivity index (χ0v) is 10.3. The van der Waals surface area contributed by atoms with E-state index < -0.39 is 0 Å². The molecule has 0 atom stereocenters. The van der Waals surface area contributed by atoms with Gasteiger partial charge in [-0.1, -0.05) is 23.8 Å². The largest absolute Gasteiger partial charge is 0.313 e. The number of hydrogen-bond donors (Lipinski definition) is 2. The van der Waals surface area contributed by atoms with Gasteiger partial charge in [0.2, 0.25) is 0 Å². The van der Waals surface area contributed by atoms with Crippen LogP contribution in [-0.2, 0) is 6.54 Å².